The molecule has 2 heterocycles. The standard InChI is InChI=1S/C12H22N4O2S/c1-4-16(11-6-5-7-13-8-11)19(17,18)12-9-15(3)10(2)14-12/h9,11,13H,4-8H2,1-3H3. The van der Waals surface area contributed by atoms with Crippen LogP contribution in [0.15, 0.2) is 11.2 Å². The molecule has 1 aliphatic heterocycles. The lowest BCUT2D eigenvalue weighted by Crippen LogP contribution is -2.48. The van der Waals surface area contributed by atoms with E-state index in [1.54, 1.807) is 29.0 Å². The van der Waals surface area contributed by atoms with Gasteiger partial charge in [-0.15, -0.1) is 0 Å². The number of sulfonamides is 1. The Hall–Kier alpha value is -0.920. The third kappa shape index (κ3) is 2.82. The smallest absolute Gasteiger partial charge is 0.262 e. The molecule has 6 nitrogen and oxygen atoms in total. The predicted molar refractivity (Wildman–Crippen MR) is 73.4 cm³/mol. The van der Waals surface area contributed by atoms with E-state index in [1.807, 2.05) is 6.92 Å². The highest BCUT2D eigenvalue weighted by atomic mass is 32.2. The maximum atomic E-state index is 12.7. The van der Waals surface area contributed by atoms with E-state index in [0.29, 0.717) is 12.4 Å². The average Bonchev–Trinajstić information content (AvgIpc) is 2.72. The Morgan fingerprint density at radius 2 is 2.32 bits per heavy atom. The first-order chi connectivity index (χ1) is 8.96. The topological polar surface area (TPSA) is 67.2 Å². The highest BCUT2D eigenvalue weighted by molar-refractivity contribution is 7.89. The van der Waals surface area contributed by atoms with Crippen molar-refractivity contribution in [3.05, 3.63) is 12.0 Å². The second-order valence-electron chi connectivity index (χ2n) is 4.95. The summed E-state index contributed by atoms with van der Waals surface area (Å²) in [6.07, 6.45) is 3.51. The molecule has 1 atom stereocenters. The molecule has 2 rings (SSSR count). The van der Waals surface area contributed by atoms with Crippen LogP contribution >= 0.6 is 0 Å². The first-order valence-corrected chi connectivity index (χ1v) is 8.13. The van der Waals surface area contributed by atoms with Gasteiger partial charge < -0.3 is 9.88 Å². The number of nitrogens with one attached hydrogen (secondary N) is 1. The Labute approximate surface area is 114 Å². The molecule has 1 aromatic heterocycles. The number of hydrogen-bond donors (Lipinski definition) is 1. The van der Waals surface area contributed by atoms with Gasteiger partial charge in [-0.3, -0.25) is 0 Å². The van der Waals surface area contributed by atoms with Crippen molar-refractivity contribution in [1.82, 2.24) is 19.2 Å². The summed E-state index contributed by atoms with van der Waals surface area (Å²) >= 11 is 0. The molecule has 0 aromatic carbocycles. The normalized spacial score (nSPS) is 20.9. The highest BCUT2D eigenvalue weighted by Gasteiger charge is 2.32. The molecule has 0 spiro atoms. The maximum absolute atomic E-state index is 12.7. The van der Waals surface area contributed by atoms with E-state index in [-0.39, 0.29) is 11.1 Å². The van der Waals surface area contributed by atoms with Crippen molar-refractivity contribution in [3.8, 4) is 0 Å². The van der Waals surface area contributed by atoms with E-state index in [1.165, 1.54) is 0 Å². The first-order valence-electron chi connectivity index (χ1n) is 6.69. The summed E-state index contributed by atoms with van der Waals surface area (Å²) in [6.45, 7) is 5.85. The summed E-state index contributed by atoms with van der Waals surface area (Å²) in [7, 11) is -1.69. The minimum atomic E-state index is -3.49. The van der Waals surface area contributed by atoms with Gasteiger partial charge in [-0.2, -0.15) is 4.31 Å². The molecule has 0 amide bonds. The van der Waals surface area contributed by atoms with Crippen LogP contribution in [-0.2, 0) is 17.1 Å². The quantitative estimate of drug-likeness (QED) is 0.875. The van der Waals surface area contributed by atoms with Gasteiger partial charge in [-0.1, -0.05) is 6.92 Å². The third-order valence-corrected chi connectivity index (χ3v) is 5.55. The summed E-state index contributed by atoms with van der Waals surface area (Å²) in [6, 6.07) is 0.0334. The second kappa shape index (κ2) is 5.60. The Balaban J connectivity index is 2.29. The van der Waals surface area contributed by atoms with Crippen molar-refractivity contribution in [2.45, 2.75) is 37.8 Å². The zero-order chi connectivity index (χ0) is 14.0. The van der Waals surface area contributed by atoms with Crippen LogP contribution in [0.2, 0.25) is 0 Å². The lowest BCUT2D eigenvalue weighted by atomic mass is 10.1. The maximum Gasteiger partial charge on any atom is 0.262 e. The van der Waals surface area contributed by atoms with Crippen LogP contribution in [0, 0.1) is 6.92 Å². The summed E-state index contributed by atoms with van der Waals surface area (Å²) in [5, 5.41) is 3.41. The Morgan fingerprint density at radius 3 is 2.79 bits per heavy atom. The number of aryl methyl sites for hydroxylation is 2. The lowest BCUT2D eigenvalue weighted by molar-refractivity contribution is 0.274. The third-order valence-electron chi connectivity index (χ3n) is 3.65. The fourth-order valence-electron chi connectivity index (χ4n) is 2.47. The van der Waals surface area contributed by atoms with E-state index < -0.39 is 10.0 Å². The van der Waals surface area contributed by atoms with Crippen LogP contribution in [0.3, 0.4) is 0 Å². The fraction of sp³-hybridized carbons (Fsp3) is 0.750. The van der Waals surface area contributed by atoms with Crippen molar-refractivity contribution in [2.24, 2.45) is 7.05 Å². The number of piperidine rings is 1. The van der Waals surface area contributed by atoms with Gasteiger partial charge in [0, 0.05) is 32.4 Å². The van der Waals surface area contributed by atoms with Crippen LogP contribution in [0.5, 0.6) is 0 Å². The summed E-state index contributed by atoms with van der Waals surface area (Å²) < 4.78 is 28.6. The molecular formula is C12H22N4O2S. The molecule has 1 fully saturated rings. The summed E-state index contributed by atoms with van der Waals surface area (Å²) in [5.74, 6) is 0.705. The second-order valence-corrected chi connectivity index (χ2v) is 6.78. The molecule has 1 unspecified atom stereocenters. The zero-order valence-electron chi connectivity index (χ0n) is 11.8. The number of aromatic nitrogens is 2. The highest BCUT2D eigenvalue weighted by Crippen LogP contribution is 2.20. The zero-order valence-corrected chi connectivity index (χ0v) is 12.6. The van der Waals surface area contributed by atoms with Gasteiger partial charge in [-0.25, -0.2) is 13.4 Å². The molecule has 1 aliphatic rings. The largest absolute Gasteiger partial charge is 0.337 e. The number of likely N-dealkylation sites (N-methyl/N-ethyl adjacent to an activating group) is 1. The minimum absolute atomic E-state index is 0.0334. The Bertz CT molecular complexity index is 512. The van der Waals surface area contributed by atoms with Crippen molar-refractivity contribution < 1.29 is 8.42 Å². The average molecular weight is 286 g/mol. The van der Waals surface area contributed by atoms with Gasteiger partial charge in [0.2, 0.25) is 0 Å². The van der Waals surface area contributed by atoms with Crippen LogP contribution in [0.1, 0.15) is 25.6 Å². The lowest BCUT2D eigenvalue weighted by Gasteiger charge is -2.32. The van der Waals surface area contributed by atoms with E-state index in [2.05, 4.69) is 10.3 Å². The number of hydrogen-bond acceptors (Lipinski definition) is 4. The van der Waals surface area contributed by atoms with Gasteiger partial charge >= 0.3 is 0 Å². The van der Waals surface area contributed by atoms with Gasteiger partial charge in [0.1, 0.15) is 5.82 Å². The molecule has 1 aromatic rings. The van der Waals surface area contributed by atoms with Crippen LogP contribution in [0.4, 0.5) is 0 Å². The Kier molecular flexibility index (Phi) is 4.27. The van der Waals surface area contributed by atoms with Crippen molar-refractivity contribution >= 4 is 10.0 Å². The van der Waals surface area contributed by atoms with Crippen molar-refractivity contribution in [3.63, 3.8) is 0 Å². The van der Waals surface area contributed by atoms with Crippen LogP contribution < -0.4 is 5.32 Å². The van der Waals surface area contributed by atoms with E-state index in [4.69, 9.17) is 0 Å². The summed E-state index contributed by atoms with van der Waals surface area (Å²) in [4.78, 5) is 4.16. The molecule has 1 N–H and O–H groups in total. The predicted octanol–water partition coefficient (Wildman–Crippen LogP) is 0.491. The molecule has 0 saturated carbocycles. The number of imidazole rings is 1. The van der Waals surface area contributed by atoms with E-state index in [9.17, 15) is 8.42 Å². The molecule has 7 heteroatoms. The number of nitrogens with zero attached hydrogens (tertiary/aromatic N) is 3. The monoisotopic (exact) mass is 286 g/mol. The molecule has 108 valence electrons. The van der Waals surface area contributed by atoms with Crippen molar-refractivity contribution in [1.29, 1.82) is 0 Å². The van der Waals surface area contributed by atoms with E-state index in [0.717, 1.165) is 25.9 Å². The molecule has 19 heavy (non-hydrogen) atoms. The first kappa shape index (κ1) is 14.5. The molecule has 0 aliphatic carbocycles. The molecule has 0 bridgehead atoms. The molecular weight excluding hydrogens is 264 g/mol. The van der Waals surface area contributed by atoms with Crippen LogP contribution in [0.25, 0.3) is 0 Å². The number of rotatable bonds is 4. The van der Waals surface area contributed by atoms with Gasteiger partial charge in [0.15, 0.2) is 5.03 Å². The molecule has 1 saturated heterocycles. The van der Waals surface area contributed by atoms with E-state index >= 15 is 0 Å². The van der Waals surface area contributed by atoms with Gasteiger partial charge in [0.05, 0.1) is 0 Å². The van der Waals surface area contributed by atoms with Gasteiger partial charge in [0.25, 0.3) is 10.0 Å². The SMILES string of the molecule is CCN(C1CCCNC1)S(=O)(=O)c1cn(C)c(C)n1. The van der Waals surface area contributed by atoms with Crippen molar-refractivity contribution in [2.75, 3.05) is 19.6 Å². The Morgan fingerprint density at radius 1 is 1.58 bits per heavy atom. The minimum Gasteiger partial charge on any atom is -0.337 e. The summed E-state index contributed by atoms with van der Waals surface area (Å²) in [5.41, 5.74) is 0. The van der Waals surface area contributed by atoms with Crippen LogP contribution in [-0.4, -0.2) is 48.0 Å². The fourth-order valence-corrected chi connectivity index (χ4v) is 4.17. The van der Waals surface area contributed by atoms with Gasteiger partial charge in [-0.05, 0) is 26.3 Å². The molecule has 0 radical (unpaired) electrons.